The molecule has 11 heteroatoms. The molecule has 0 atom stereocenters. The van der Waals surface area contributed by atoms with Gasteiger partial charge in [-0.2, -0.15) is 12.7 Å². The number of ether oxygens (including phenoxy) is 1. The molecule has 1 aromatic carbocycles. The van der Waals surface area contributed by atoms with E-state index in [0.717, 1.165) is 40.1 Å². The van der Waals surface area contributed by atoms with E-state index in [1.165, 1.54) is 43.6 Å². The first-order valence-electron chi connectivity index (χ1n) is 10.2. The molecule has 1 heterocycles. The Morgan fingerprint density at radius 1 is 1.19 bits per heavy atom. The van der Waals surface area contributed by atoms with Gasteiger partial charge in [0, 0.05) is 19.0 Å². The van der Waals surface area contributed by atoms with Gasteiger partial charge in [-0.05, 0) is 50.3 Å². The second-order valence-electron chi connectivity index (χ2n) is 7.43. The molecule has 0 bridgehead atoms. The number of amides is 1. The third-order valence-electron chi connectivity index (χ3n) is 5.05. The Balaban J connectivity index is 1.93. The van der Waals surface area contributed by atoms with Gasteiger partial charge in [0.1, 0.15) is 17.4 Å². The van der Waals surface area contributed by atoms with Crippen molar-refractivity contribution in [1.82, 2.24) is 4.31 Å². The van der Waals surface area contributed by atoms with E-state index in [1.807, 2.05) is 0 Å². The zero-order chi connectivity index (χ0) is 23.5. The number of thiophene rings is 1. The molecule has 0 radical (unpaired) electrons. The molecule has 0 saturated heterocycles. The Morgan fingerprint density at radius 2 is 1.88 bits per heavy atom. The van der Waals surface area contributed by atoms with Crippen LogP contribution in [0.2, 0.25) is 0 Å². The third kappa shape index (κ3) is 4.94. The minimum atomic E-state index is -4.16. The van der Waals surface area contributed by atoms with Crippen LogP contribution in [0, 0.1) is 5.82 Å². The quantitative estimate of drug-likeness (QED) is 0.582. The van der Waals surface area contributed by atoms with Crippen LogP contribution in [-0.4, -0.2) is 51.8 Å². The lowest BCUT2D eigenvalue weighted by Gasteiger charge is -2.27. The van der Waals surface area contributed by atoms with Crippen molar-refractivity contribution in [2.75, 3.05) is 36.9 Å². The molecule has 0 saturated carbocycles. The van der Waals surface area contributed by atoms with Crippen LogP contribution >= 0.6 is 11.3 Å². The number of para-hydroxylation sites is 1. The van der Waals surface area contributed by atoms with Crippen LogP contribution < -0.4 is 9.62 Å². The molecular weight excluding hydrogens is 457 g/mol. The number of esters is 1. The Kier molecular flexibility index (Phi) is 7.52. The van der Waals surface area contributed by atoms with Crippen molar-refractivity contribution < 1.29 is 27.1 Å². The van der Waals surface area contributed by atoms with Crippen molar-refractivity contribution in [3.63, 3.8) is 0 Å². The number of aryl methyl sites for hydroxylation is 1. The maximum Gasteiger partial charge on any atom is 0.341 e. The molecule has 1 aromatic heterocycles. The number of anilines is 2. The van der Waals surface area contributed by atoms with Gasteiger partial charge in [0.25, 0.3) is 0 Å². The third-order valence-corrected chi connectivity index (χ3v) is 8.07. The Labute approximate surface area is 191 Å². The van der Waals surface area contributed by atoms with Gasteiger partial charge < -0.3 is 10.1 Å². The van der Waals surface area contributed by atoms with Crippen LogP contribution in [-0.2, 0) is 32.6 Å². The fourth-order valence-electron chi connectivity index (χ4n) is 3.51. The average molecular weight is 484 g/mol. The van der Waals surface area contributed by atoms with E-state index in [1.54, 1.807) is 6.92 Å². The zero-order valence-electron chi connectivity index (χ0n) is 18.2. The summed E-state index contributed by atoms with van der Waals surface area (Å²) >= 11 is 1.30. The predicted octanol–water partition coefficient (Wildman–Crippen LogP) is 3.19. The highest BCUT2D eigenvalue weighted by molar-refractivity contribution is 7.90. The van der Waals surface area contributed by atoms with Gasteiger partial charge >= 0.3 is 16.2 Å². The molecule has 0 aliphatic heterocycles. The highest BCUT2D eigenvalue weighted by atomic mass is 32.2. The van der Waals surface area contributed by atoms with Crippen molar-refractivity contribution in [2.24, 2.45) is 0 Å². The second-order valence-corrected chi connectivity index (χ2v) is 10.6. The molecule has 3 rings (SSSR count). The number of carbonyl (C=O) groups excluding carboxylic acids is 2. The summed E-state index contributed by atoms with van der Waals surface area (Å²) in [7, 11) is -1.56. The highest BCUT2D eigenvalue weighted by Crippen LogP contribution is 2.38. The summed E-state index contributed by atoms with van der Waals surface area (Å²) in [4.78, 5) is 26.5. The molecule has 32 heavy (non-hydrogen) atoms. The molecule has 0 unspecified atom stereocenters. The molecule has 8 nitrogen and oxygen atoms in total. The molecule has 174 valence electrons. The van der Waals surface area contributed by atoms with Crippen LogP contribution in [0.25, 0.3) is 0 Å². The van der Waals surface area contributed by atoms with Crippen molar-refractivity contribution in [3.8, 4) is 0 Å². The fourth-order valence-corrected chi connectivity index (χ4v) is 5.88. The maximum atomic E-state index is 14.4. The number of hydrogen-bond acceptors (Lipinski definition) is 6. The van der Waals surface area contributed by atoms with E-state index in [4.69, 9.17) is 4.74 Å². The molecule has 2 aromatic rings. The van der Waals surface area contributed by atoms with Gasteiger partial charge in [-0.15, -0.1) is 11.3 Å². The van der Waals surface area contributed by atoms with Crippen molar-refractivity contribution >= 4 is 44.1 Å². The first kappa shape index (κ1) is 24.1. The Bertz CT molecular complexity index is 1110. The Morgan fingerprint density at radius 3 is 2.53 bits per heavy atom. The molecule has 1 amide bonds. The van der Waals surface area contributed by atoms with E-state index in [9.17, 15) is 22.4 Å². The molecule has 1 aliphatic rings. The van der Waals surface area contributed by atoms with Crippen molar-refractivity contribution in [1.29, 1.82) is 0 Å². The first-order valence-corrected chi connectivity index (χ1v) is 12.4. The summed E-state index contributed by atoms with van der Waals surface area (Å²) in [6, 6.07) is 5.33. The molecular formula is C21H26FN3O5S2. The summed E-state index contributed by atoms with van der Waals surface area (Å²) < 4.78 is 46.8. The summed E-state index contributed by atoms with van der Waals surface area (Å²) in [5.41, 5.74) is 0.960. The van der Waals surface area contributed by atoms with Gasteiger partial charge in [0.2, 0.25) is 5.91 Å². The van der Waals surface area contributed by atoms with Gasteiger partial charge in [0.05, 0.1) is 17.9 Å². The standard InChI is InChI=1S/C21H26FN3O5S2/c1-4-30-21(27)19-14-9-5-8-12-17(14)31-20(19)23-18(26)13-25(32(28,29)24(2)3)16-11-7-6-10-15(16)22/h6-7,10-11H,4-5,8-9,12-13H2,1-3H3,(H,23,26). The first-order chi connectivity index (χ1) is 15.2. The lowest BCUT2D eigenvalue weighted by Crippen LogP contribution is -2.44. The minimum absolute atomic E-state index is 0.193. The maximum absolute atomic E-state index is 14.4. The molecule has 0 fully saturated rings. The van der Waals surface area contributed by atoms with E-state index in [0.29, 0.717) is 21.3 Å². The number of nitrogens with zero attached hydrogens (tertiary/aromatic N) is 2. The van der Waals surface area contributed by atoms with Gasteiger partial charge in [-0.3, -0.25) is 4.79 Å². The number of rotatable bonds is 8. The smallest absolute Gasteiger partial charge is 0.341 e. The van der Waals surface area contributed by atoms with Crippen LogP contribution in [0.15, 0.2) is 24.3 Å². The lowest BCUT2D eigenvalue weighted by atomic mass is 9.95. The highest BCUT2D eigenvalue weighted by Gasteiger charge is 2.31. The lowest BCUT2D eigenvalue weighted by molar-refractivity contribution is -0.114. The summed E-state index contributed by atoms with van der Waals surface area (Å²) in [6.45, 7) is 1.23. The van der Waals surface area contributed by atoms with Gasteiger partial charge in [-0.1, -0.05) is 12.1 Å². The number of halogens is 1. The van der Waals surface area contributed by atoms with Gasteiger partial charge in [-0.25, -0.2) is 13.5 Å². The monoisotopic (exact) mass is 483 g/mol. The normalized spacial score (nSPS) is 13.5. The SMILES string of the molecule is CCOC(=O)c1c(NC(=O)CN(c2ccccc2F)S(=O)(=O)N(C)C)sc2c1CCCC2. The molecule has 1 aliphatic carbocycles. The fraction of sp³-hybridized carbons (Fsp3) is 0.429. The van der Waals surface area contributed by atoms with Crippen LogP contribution in [0.4, 0.5) is 15.1 Å². The van der Waals surface area contributed by atoms with Crippen molar-refractivity contribution in [3.05, 3.63) is 46.1 Å². The minimum Gasteiger partial charge on any atom is -0.462 e. The zero-order valence-corrected chi connectivity index (χ0v) is 19.8. The Hall–Kier alpha value is -2.50. The molecule has 1 N–H and O–H groups in total. The number of hydrogen-bond donors (Lipinski definition) is 1. The predicted molar refractivity (Wildman–Crippen MR) is 122 cm³/mol. The van der Waals surface area contributed by atoms with Crippen LogP contribution in [0.5, 0.6) is 0 Å². The topological polar surface area (TPSA) is 96.0 Å². The number of fused-ring (bicyclic) bond motifs is 1. The number of benzene rings is 1. The number of carbonyl (C=O) groups is 2. The summed E-state index contributed by atoms with van der Waals surface area (Å²) in [5, 5.41) is 3.00. The number of nitrogens with one attached hydrogen (secondary N) is 1. The van der Waals surface area contributed by atoms with Crippen molar-refractivity contribution in [2.45, 2.75) is 32.6 Å². The van der Waals surface area contributed by atoms with Crippen LogP contribution in [0.3, 0.4) is 0 Å². The average Bonchev–Trinajstić information content (AvgIpc) is 3.10. The van der Waals surface area contributed by atoms with Crippen LogP contribution in [0.1, 0.15) is 40.6 Å². The van der Waals surface area contributed by atoms with E-state index in [-0.39, 0.29) is 12.3 Å². The van der Waals surface area contributed by atoms with Gasteiger partial charge in [0.15, 0.2) is 0 Å². The second kappa shape index (κ2) is 9.97. The van der Waals surface area contributed by atoms with E-state index in [2.05, 4.69) is 5.32 Å². The molecule has 0 spiro atoms. The largest absolute Gasteiger partial charge is 0.462 e. The summed E-state index contributed by atoms with van der Waals surface area (Å²) in [6.07, 6.45) is 3.45. The summed E-state index contributed by atoms with van der Waals surface area (Å²) in [5.74, 6) is -1.98. The van der Waals surface area contributed by atoms with E-state index < -0.39 is 34.4 Å². The van der Waals surface area contributed by atoms with E-state index >= 15 is 0 Å².